The van der Waals surface area contributed by atoms with Gasteiger partial charge in [-0.2, -0.15) is 0 Å². The smallest absolute Gasteiger partial charge is 0.147 e. The molecule has 0 spiro atoms. The molecule has 1 N–H and O–H groups in total. The standard InChI is InChI=1S/C13H18O3S/c1-17(15,16)9-8-13(14)12-6-4-11(5-7-12)10-2-3-10/h4-7,10,13-14H,2-3,8-9H2,1H3. The Balaban J connectivity index is 1.96. The predicted octanol–water partition coefficient (Wildman–Crippen LogP) is 2.03. The molecule has 0 saturated heterocycles. The molecule has 1 aromatic rings. The number of aliphatic hydroxyl groups is 1. The van der Waals surface area contributed by atoms with Gasteiger partial charge in [-0.1, -0.05) is 24.3 Å². The first kappa shape index (κ1) is 12.6. The molecule has 0 radical (unpaired) electrons. The molecule has 1 aliphatic rings. The van der Waals surface area contributed by atoms with E-state index in [0.717, 1.165) is 5.56 Å². The summed E-state index contributed by atoms with van der Waals surface area (Å²) in [5.41, 5.74) is 2.13. The molecule has 94 valence electrons. The molecular weight excluding hydrogens is 236 g/mol. The largest absolute Gasteiger partial charge is 0.388 e. The molecule has 17 heavy (non-hydrogen) atoms. The maximum absolute atomic E-state index is 11.0. The van der Waals surface area contributed by atoms with Gasteiger partial charge in [0.25, 0.3) is 0 Å². The van der Waals surface area contributed by atoms with Crippen molar-refractivity contribution < 1.29 is 13.5 Å². The molecule has 0 heterocycles. The van der Waals surface area contributed by atoms with Gasteiger partial charge in [0.15, 0.2) is 0 Å². The van der Waals surface area contributed by atoms with Crippen LogP contribution in [0.3, 0.4) is 0 Å². The van der Waals surface area contributed by atoms with Gasteiger partial charge in [0.1, 0.15) is 9.84 Å². The van der Waals surface area contributed by atoms with Crippen LogP contribution in [0.1, 0.15) is 42.4 Å². The summed E-state index contributed by atoms with van der Waals surface area (Å²) < 4.78 is 22.0. The fourth-order valence-corrected chi connectivity index (χ4v) is 2.55. The fraction of sp³-hybridized carbons (Fsp3) is 0.538. The van der Waals surface area contributed by atoms with E-state index in [1.54, 1.807) is 0 Å². The van der Waals surface area contributed by atoms with Crippen LogP contribution in [0.5, 0.6) is 0 Å². The Kier molecular flexibility index (Phi) is 3.54. The molecule has 1 aliphatic carbocycles. The molecule has 0 bridgehead atoms. The number of aliphatic hydroxyl groups excluding tert-OH is 1. The summed E-state index contributed by atoms with van der Waals surface area (Å²) in [6, 6.07) is 7.88. The van der Waals surface area contributed by atoms with E-state index in [0.29, 0.717) is 5.92 Å². The highest BCUT2D eigenvalue weighted by atomic mass is 32.2. The molecule has 0 aromatic heterocycles. The molecular formula is C13H18O3S. The van der Waals surface area contributed by atoms with E-state index in [-0.39, 0.29) is 12.2 Å². The van der Waals surface area contributed by atoms with Crippen molar-refractivity contribution in [1.29, 1.82) is 0 Å². The van der Waals surface area contributed by atoms with Crippen molar-refractivity contribution in [3.05, 3.63) is 35.4 Å². The summed E-state index contributed by atoms with van der Waals surface area (Å²) in [7, 11) is -3.00. The first-order chi connectivity index (χ1) is 7.96. The molecule has 1 unspecified atom stereocenters. The molecule has 4 heteroatoms. The Bertz CT molecular complexity index is 472. The lowest BCUT2D eigenvalue weighted by molar-refractivity contribution is 0.174. The van der Waals surface area contributed by atoms with Crippen LogP contribution in [0.15, 0.2) is 24.3 Å². The topological polar surface area (TPSA) is 54.4 Å². The van der Waals surface area contributed by atoms with Crippen molar-refractivity contribution >= 4 is 9.84 Å². The molecule has 0 amide bonds. The minimum absolute atomic E-state index is 0.0263. The van der Waals surface area contributed by atoms with Crippen molar-refractivity contribution in [3.63, 3.8) is 0 Å². The van der Waals surface area contributed by atoms with Gasteiger partial charge in [0, 0.05) is 6.26 Å². The summed E-state index contributed by atoms with van der Waals surface area (Å²) in [4.78, 5) is 0. The number of hydrogen-bond acceptors (Lipinski definition) is 3. The lowest BCUT2D eigenvalue weighted by Crippen LogP contribution is -2.08. The van der Waals surface area contributed by atoms with Gasteiger partial charge in [-0.3, -0.25) is 0 Å². The summed E-state index contributed by atoms with van der Waals surface area (Å²) in [6.45, 7) is 0. The SMILES string of the molecule is CS(=O)(=O)CCC(O)c1ccc(C2CC2)cc1. The predicted molar refractivity (Wildman–Crippen MR) is 67.7 cm³/mol. The van der Waals surface area contributed by atoms with Crippen LogP contribution in [0, 0.1) is 0 Å². The summed E-state index contributed by atoms with van der Waals surface area (Å²) in [5, 5.41) is 9.86. The van der Waals surface area contributed by atoms with Crippen LogP contribution in [0.4, 0.5) is 0 Å². The fourth-order valence-electron chi connectivity index (χ4n) is 1.90. The average molecular weight is 254 g/mol. The number of sulfone groups is 1. The first-order valence-corrected chi connectivity index (χ1v) is 7.97. The highest BCUT2D eigenvalue weighted by Crippen LogP contribution is 2.40. The summed E-state index contributed by atoms with van der Waals surface area (Å²) >= 11 is 0. The minimum Gasteiger partial charge on any atom is -0.388 e. The number of rotatable bonds is 5. The van der Waals surface area contributed by atoms with Gasteiger partial charge in [-0.25, -0.2) is 8.42 Å². The Labute approximate surface area is 102 Å². The Morgan fingerprint density at radius 1 is 1.29 bits per heavy atom. The average Bonchev–Trinajstić information content (AvgIpc) is 3.09. The highest BCUT2D eigenvalue weighted by molar-refractivity contribution is 7.90. The van der Waals surface area contributed by atoms with E-state index in [4.69, 9.17) is 0 Å². The third-order valence-electron chi connectivity index (χ3n) is 3.13. The molecule has 0 aliphatic heterocycles. The molecule has 1 saturated carbocycles. The summed E-state index contributed by atoms with van der Waals surface area (Å²) in [6.07, 6.45) is 3.29. The van der Waals surface area contributed by atoms with Crippen LogP contribution in [-0.4, -0.2) is 25.5 Å². The third kappa shape index (κ3) is 3.82. The zero-order valence-electron chi connectivity index (χ0n) is 9.96. The van der Waals surface area contributed by atoms with Gasteiger partial charge in [-0.05, 0) is 36.3 Å². The van der Waals surface area contributed by atoms with Crippen LogP contribution in [-0.2, 0) is 9.84 Å². The zero-order chi connectivity index (χ0) is 12.5. The van der Waals surface area contributed by atoms with Gasteiger partial charge in [0.05, 0.1) is 11.9 Å². The molecule has 1 fully saturated rings. The van der Waals surface area contributed by atoms with E-state index in [9.17, 15) is 13.5 Å². The second-order valence-electron chi connectivity index (χ2n) is 4.88. The third-order valence-corrected chi connectivity index (χ3v) is 4.11. The van der Waals surface area contributed by atoms with Gasteiger partial charge < -0.3 is 5.11 Å². The van der Waals surface area contributed by atoms with Crippen molar-refractivity contribution in [1.82, 2.24) is 0 Å². The van der Waals surface area contributed by atoms with Crippen LogP contribution < -0.4 is 0 Å². The Morgan fingerprint density at radius 3 is 2.35 bits per heavy atom. The minimum atomic E-state index is -3.00. The van der Waals surface area contributed by atoms with Gasteiger partial charge in [0.2, 0.25) is 0 Å². The molecule has 3 nitrogen and oxygen atoms in total. The van der Waals surface area contributed by atoms with E-state index in [2.05, 4.69) is 0 Å². The normalized spacial score (nSPS) is 18.0. The van der Waals surface area contributed by atoms with Crippen LogP contribution in [0.25, 0.3) is 0 Å². The Hall–Kier alpha value is -0.870. The first-order valence-electron chi connectivity index (χ1n) is 5.91. The second-order valence-corrected chi connectivity index (χ2v) is 7.14. The highest BCUT2D eigenvalue weighted by Gasteiger charge is 2.23. The quantitative estimate of drug-likeness (QED) is 0.874. The molecule has 2 rings (SSSR count). The van der Waals surface area contributed by atoms with Crippen LogP contribution >= 0.6 is 0 Å². The summed E-state index contributed by atoms with van der Waals surface area (Å²) in [5.74, 6) is 0.732. The van der Waals surface area contributed by atoms with Gasteiger partial charge in [-0.15, -0.1) is 0 Å². The van der Waals surface area contributed by atoms with E-state index in [1.807, 2.05) is 24.3 Å². The molecule has 1 aromatic carbocycles. The van der Waals surface area contributed by atoms with Crippen molar-refractivity contribution in [2.24, 2.45) is 0 Å². The monoisotopic (exact) mass is 254 g/mol. The second kappa shape index (κ2) is 4.78. The zero-order valence-corrected chi connectivity index (χ0v) is 10.8. The maximum Gasteiger partial charge on any atom is 0.147 e. The van der Waals surface area contributed by atoms with Crippen molar-refractivity contribution in [2.45, 2.75) is 31.3 Å². The van der Waals surface area contributed by atoms with Crippen molar-refractivity contribution in [2.75, 3.05) is 12.0 Å². The van der Waals surface area contributed by atoms with E-state index < -0.39 is 15.9 Å². The Morgan fingerprint density at radius 2 is 1.88 bits per heavy atom. The number of hydrogen-bond donors (Lipinski definition) is 1. The van der Waals surface area contributed by atoms with E-state index in [1.165, 1.54) is 24.7 Å². The maximum atomic E-state index is 11.0. The lowest BCUT2D eigenvalue weighted by atomic mass is 10.0. The van der Waals surface area contributed by atoms with Gasteiger partial charge >= 0.3 is 0 Å². The van der Waals surface area contributed by atoms with E-state index >= 15 is 0 Å². The number of benzene rings is 1. The molecule has 1 atom stereocenters. The van der Waals surface area contributed by atoms with Crippen molar-refractivity contribution in [3.8, 4) is 0 Å². The lowest BCUT2D eigenvalue weighted by Gasteiger charge is -2.10. The van der Waals surface area contributed by atoms with Crippen LogP contribution in [0.2, 0.25) is 0 Å².